The third-order valence-corrected chi connectivity index (χ3v) is 5.84. The average molecular weight is 439 g/mol. The maximum Gasteiger partial charge on any atom is 0.313 e. The number of hydrogen-bond acceptors (Lipinski definition) is 6. The third-order valence-electron chi connectivity index (χ3n) is 5.84. The summed E-state index contributed by atoms with van der Waals surface area (Å²) in [6.45, 7) is 3.29. The fourth-order valence-corrected chi connectivity index (χ4v) is 4.08. The van der Waals surface area contributed by atoms with E-state index < -0.39 is 11.8 Å². The second kappa shape index (κ2) is 9.91. The molecule has 1 atom stereocenters. The molecule has 32 heavy (non-hydrogen) atoms. The summed E-state index contributed by atoms with van der Waals surface area (Å²) in [5.74, 6) is -0.170. The van der Waals surface area contributed by atoms with E-state index >= 15 is 0 Å². The Bertz CT molecular complexity index is 955. The molecule has 1 saturated heterocycles. The van der Waals surface area contributed by atoms with Crippen LogP contribution in [0.2, 0.25) is 0 Å². The van der Waals surface area contributed by atoms with E-state index in [1.54, 1.807) is 18.2 Å². The van der Waals surface area contributed by atoms with Gasteiger partial charge in [0, 0.05) is 38.1 Å². The van der Waals surface area contributed by atoms with Crippen LogP contribution >= 0.6 is 0 Å². The van der Waals surface area contributed by atoms with Crippen LogP contribution in [0.3, 0.4) is 0 Å². The van der Waals surface area contributed by atoms with Crippen LogP contribution in [0.15, 0.2) is 42.5 Å². The lowest BCUT2D eigenvalue weighted by Gasteiger charge is -2.28. The zero-order valence-corrected chi connectivity index (χ0v) is 18.6. The molecule has 2 heterocycles. The van der Waals surface area contributed by atoms with Gasteiger partial charge in [-0.15, -0.1) is 0 Å². The zero-order chi connectivity index (χ0) is 22.5. The summed E-state index contributed by atoms with van der Waals surface area (Å²) in [5, 5.41) is 5.46. The quantitative estimate of drug-likeness (QED) is 0.674. The normalized spacial score (nSPS) is 16.3. The number of amides is 2. The number of anilines is 2. The summed E-state index contributed by atoms with van der Waals surface area (Å²) in [7, 11) is 4.01. The smallest absolute Gasteiger partial charge is 0.313 e. The molecule has 2 aromatic rings. The number of hydrogen-bond donors (Lipinski definition) is 2. The SMILES string of the molecule is CN(C)c1ccc(C(CNC(=O)C(=O)Nc2ccc3c(c2)OCCO3)N2CCCC2)cc1. The van der Waals surface area contributed by atoms with Gasteiger partial charge in [0.05, 0.1) is 6.04 Å². The number of nitrogens with zero attached hydrogens (tertiary/aromatic N) is 2. The van der Waals surface area contributed by atoms with Crippen LogP contribution in [-0.2, 0) is 9.59 Å². The van der Waals surface area contributed by atoms with Crippen molar-refractivity contribution in [2.45, 2.75) is 18.9 Å². The first kappa shape index (κ1) is 22.0. The number of benzene rings is 2. The first-order valence-electron chi connectivity index (χ1n) is 11.0. The molecule has 0 saturated carbocycles. The zero-order valence-electron chi connectivity index (χ0n) is 18.6. The minimum atomic E-state index is -0.704. The van der Waals surface area contributed by atoms with Crippen LogP contribution in [-0.4, -0.2) is 63.7 Å². The van der Waals surface area contributed by atoms with E-state index in [-0.39, 0.29) is 6.04 Å². The molecule has 0 radical (unpaired) electrons. The monoisotopic (exact) mass is 438 g/mol. The highest BCUT2D eigenvalue weighted by molar-refractivity contribution is 6.39. The van der Waals surface area contributed by atoms with Gasteiger partial charge < -0.3 is 25.0 Å². The maximum atomic E-state index is 12.5. The van der Waals surface area contributed by atoms with Crippen molar-refractivity contribution >= 4 is 23.2 Å². The summed E-state index contributed by atoms with van der Waals surface area (Å²) >= 11 is 0. The molecule has 1 fully saturated rings. The molecule has 8 heteroatoms. The first-order chi connectivity index (χ1) is 15.5. The van der Waals surface area contributed by atoms with Gasteiger partial charge in [-0.3, -0.25) is 14.5 Å². The Labute approximate surface area is 188 Å². The molecule has 2 aliphatic heterocycles. The lowest BCUT2D eigenvalue weighted by atomic mass is 10.0. The molecular weight excluding hydrogens is 408 g/mol. The van der Waals surface area contributed by atoms with Crippen molar-refractivity contribution in [2.24, 2.45) is 0 Å². The first-order valence-corrected chi connectivity index (χ1v) is 11.0. The molecule has 4 rings (SSSR count). The Morgan fingerprint density at radius 1 is 0.969 bits per heavy atom. The van der Waals surface area contributed by atoms with E-state index in [1.807, 2.05) is 14.1 Å². The summed E-state index contributed by atoms with van der Waals surface area (Å²) in [4.78, 5) is 29.4. The second-order valence-corrected chi connectivity index (χ2v) is 8.27. The lowest BCUT2D eigenvalue weighted by Crippen LogP contribution is -2.41. The summed E-state index contributed by atoms with van der Waals surface area (Å²) in [5.41, 5.74) is 2.74. The number of rotatable bonds is 6. The standard InChI is InChI=1S/C24H30N4O4/c1-27(2)19-8-5-17(6-9-19)20(28-11-3-4-12-28)16-25-23(29)24(30)26-18-7-10-21-22(15-18)32-14-13-31-21/h5-10,15,20H,3-4,11-14,16H2,1-2H3,(H,25,29)(H,26,30). The fraction of sp³-hybridized carbons (Fsp3) is 0.417. The predicted molar refractivity (Wildman–Crippen MR) is 123 cm³/mol. The van der Waals surface area contributed by atoms with E-state index in [4.69, 9.17) is 9.47 Å². The van der Waals surface area contributed by atoms with Gasteiger partial charge >= 0.3 is 11.8 Å². The van der Waals surface area contributed by atoms with Crippen molar-refractivity contribution in [1.29, 1.82) is 0 Å². The Balaban J connectivity index is 1.38. The van der Waals surface area contributed by atoms with Crippen molar-refractivity contribution < 1.29 is 19.1 Å². The molecule has 2 amide bonds. The summed E-state index contributed by atoms with van der Waals surface area (Å²) in [6, 6.07) is 13.5. The Kier molecular flexibility index (Phi) is 6.80. The molecule has 0 aliphatic carbocycles. The Morgan fingerprint density at radius 3 is 2.34 bits per heavy atom. The van der Waals surface area contributed by atoms with E-state index in [0.29, 0.717) is 36.9 Å². The highest BCUT2D eigenvalue weighted by Gasteiger charge is 2.25. The number of carbonyl (C=O) groups is 2. The van der Waals surface area contributed by atoms with Crippen molar-refractivity contribution in [3.63, 3.8) is 0 Å². The second-order valence-electron chi connectivity index (χ2n) is 8.27. The minimum absolute atomic E-state index is 0.0276. The largest absolute Gasteiger partial charge is 0.486 e. The van der Waals surface area contributed by atoms with Crippen LogP contribution in [0.5, 0.6) is 11.5 Å². The maximum absolute atomic E-state index is 12.5. The van der Waals surface area contributed by atoms with Gasteiger partial charge in [0.2, 0.25) is 0 Å². The number of carbonyl (C=O) groups excluding carboxylic acids is 2. The third kappa shape index (κ3) is 5.13. The molecule has 0 aromatic heterocycles. The molecular formula is C24H30N4O4. The van der Waals surface area contributed by atoms with Gasteiger partial charge in [-0.05, 0) is 55.8 Å². The summed E-state index contributed by atoms with van der Waals surface area (Å²) < 4.78 is 11.0. The predicted octanol–water partition coefficient (Wildman–Crippen LogP) is 2.42. The van der Waals surface area contributed by atoms with Crippen molar-refractivity contribution in [3.8, 4) is 11.5 Å². The highest BCUT2D eigenvalue weighted by atomic mass is 16.6. The van der Waals surface area contributed by atoms with Crippen molar-refractivity contribution in [3.05, 3.63) is 48.0 Å². The molecule has 170 valence electrons. The Morgan fingerprint density at radius 2 is 1.66 bits per heavy atom. The minimum Gasteiger partial charge on any atom is -0.486 e. The van der Waals surface area contributed by atoms with Crippen LogP contribution in [0, 0.1) is 0 Å². The van der Waals surface area contributed by atoms with Crippen LogP contribution < -0.4 is 25.0 Å². The van der Waals surface area contributed by atoms with E-state index in [1.165, 1.54) is 0 Å². The molecule has 0 spiro atoms. The van der Waals surface area contributed by atoms with Crippen LogP contribution in [0.1, 0.15) is 24.4 Å². The van der Waals surface area contributed by atoms with Gasteiger partial charge in [-0.1, -0.05) is 12.1 Å². The molecule has 1 unspecified atom stereocenters. The lowest BCUT2D eigenvalue weighted by molar-refractivity contribution is -0.136. The van der Waals surface area contributed by atoms with Gasteiger partial charge in [-0.25, -0.2) is 0 Å². The number of fused-ring (bicyclic) bond motifs is 1. The van der Waals surface area contributed by atoms with E-state index in [2.05, 4.69) is 44.7 Å². The topological polar surface area (TPSA) is 83.1 Å². The van der Waals surface area contributed by atoms with Crippen molar-refractivity contribution in [2.75, 3.05) is 57.2 Å². The van der Waals surface area contributed by atoms with E-state index in [9.17, 15) is 9.59 Å². The Hall–Kier alpha value is -3.26. The molecule has 0 bridgehead atoms. The van der Waals surface area contributed by atoms with E-state index in [0.717, 1.165) is 37.2 Å². The van der Waals surface area contributed by atoms with Crippen molar-refractivity contribution in [1.82, 2.24) is 10.2 Å². The van der Waals surface area contributed by atoms with Crippen LogP contribution in [0.4, 0.5) is 11.4 Å². The summed E-state index contributed by atoms with van der Waals surface area (Å²) in [6.07, 6.45) is 2.29. The number of ether oxygens (including phenoxy) is 2. The number of nitrogens with one attached hydrogen (secondary N) is 2. The van der Waals surface area contributed by atoms with Gasteiger partial charge in [0.25, 0.3) is 0 Å². The molecule has 2 aliphatic rings. The van der Waals surface area contributed by atoms with Gasteiger partial charge in [-0.2, -0.15) is 0 Å². The molecule has 2 aromatic carbocycles. The highest BCUT2D eigenvalue weighted by Crippen LogP contribution is 2.32. The van der Waals surface area contributed by atoms with Crippen LogP contribution in [0.25, 0.3) is 0 Å². The van der Waals surface area contributed by atoms with Gasteiger partial charge in [0.1, 0.15) is 13.2 Å². The van der Waals surface area contributed by atoms with Gasteiger partial charge in [0.15, 0.2) is 11.5 Å². The molecule has 2 N–H and O–H groups in total. The average Bonchev–Trinajstić information content (AvgIpc) is 3.34. The number of likely N-dealkylation sites (tertiary alicyclic amines) is 1. The fourth-order valence-electron chi connectivity index (χ4n) is 4.08. The molecule has 8 nitrogen and oxygen atoms in total.